The number of hydrogen-bond acceptors (Lipinski definition) is 2. The monoisotopic (exact) mass is 354 g/mol. The second-order valence-corrected chi connectivity index (χ2v) is 7.70. The van der Waals surface area contributed by atoms with E-state index in [0.717, 1.165) is 37.2 Å². The Hall–Kier alpha value is -1.87. The molecular weight excluding hydrogens is 323 g/mol. The average molecular weight is 355 g/mol. The third-order valence-corrected chi connectivity index (χ3v) is 5.83. The maximum Gasteiger partial charge on any atom is 0.125 e. The predicted molar refractivity (Wildman–Crippen MR) is 108 cm³/mol. The highest BCUT2D eigenvalue weighted by atomic mass is 19.1. The lowest BCUT2D eigenvalue weighted by atomic mass is 9.90. The topological polar surface area (TPSA) is 6.48 Å². The lowest BCUT2D eigenvalue weighted by molar-refractivity contribution is 0.0821. The van der Waals surface area contributed by atoms with Gasteiger partial charge in [0.1, 0.15) is 5.82 Å². The van der Waals surface area contributed by atoms with Crippen LogP contribution in [0.3, 0.4) is 0 Å². The van der Waals surface area contributed by atoms with E-state index in [4.69, 9.17) is 0 Å². The smallest absolute Gasteiger partial charge is 0.125 e. The molecule has 2 aromatic carbocycles. The Labute approximate surface area is 157 Å². The zero-order chi connectivity index (χ0) is 18.7. The largest absolute Gasteiger partial charge is 0.368 e. The van der Waals surface area contributed by atoms with E-state index in [1.165, 1.54) is 5.56 Å². The van der Waals surface area contributed by atoms with E-state index in [9.17, 15) is 4.39 Å². The second kappa shape index (κ2) is 8.22. The van der Waals surface area contributed by atoms with Crippen LogP contribution in [0.5, 0.6) is 0 Å². The first-order valence-corrected chi connectivity index (χ1v) is 9.82. The molecule has 1 saturated heterocycles. The van der Waals surface area contributed by atoms with Crippen LogP contribution in [0.15, 0.2) is 48.5 Å². The van der Waals surface area contributed by atoms with Gasteiger partial charge in [-0.2, -0.15) is 0 Å². The second-order valence-electron chi connectivity index (χ2n) is 7.70. The van der Waals surface area contributed by atoms with Gasteiger partial charge in [-0.1, -0.05) is 36.4 Å². The van der Waals surface area contributed by atoms with Crippen molar-refractivity contribution >= 4 is 5.69 Å². The summed E-state index contributed by atoms with van der Waals surface area (Å²) < 4.78 is 13.8. The number of likely N-dealkylation sites (tertiary alicyclic amines) is 1. The maximum absolute atomic E-state index is 13.8. The molecule has 2 aromatic rings. The van der Waals surface area contributed by atoms with Gasteiger partial charge in [0.05, 0.1) is 0 Å². The van der Waals surface area contributed by atoms with Gasteiger partial charge in [0.15, 0.2) is 0 Å². The summed E-state index contributed by atoms with van der Waals surface area (Å²) in [4.78, 5) is 5.02. The van der Waals surface area contributed by atoms with Gasteiger partial charge in [0.2, 0.25) is 0 Å². The van der Waals surface area contributed by atoms with Gasteiger partial charge in [0, 0.05) is 36.9 Å². The number of anilines is 1. The Balaban J connectivity index is 1.76. The molecule has 3 rings (SSSR count). The van der Waals surface area contributed by atoms with Crippen molar-refractivity contribution in [3.8, 4) is 0 Å². The van der Waals surface area contributed by atoms with E-state index < -0.39 is 0 Å². The van der Waals surface area contributed by atoms with Gasteiger partial charge in [-0.15, -0.1) is 0 Å². The number of rotatable bonds is 5. The molecule has 1 fully saturated rings. The Morgan fingerprint density at radius 2 is 1.69 bits per heavy atom. The van der Waals surface area contributed by atoms with Crippen molar-refractivity contribution in [1.29, 1.82) is 0 Å². The Morgan fingerprint density at radius 3 is 2.31 bits per heavy atom. The summed E-state index contributed by atoms with van der Waals surface area (Å²) in [7, 11) is 0. The molecule has 0 amide bonds. The molecule has 0 N–H and O–H groups in total. The number of hydrogen-bond donors (Lipinski definition) is 0. The predicted octanol–water partition coefficient (Wildman–Crippen LogP) is 5.40. The lowest BCUT2D eigenvalue weighted by Gasteiger charge is -2.47. The van der Waals surface area contributed by atoms with Crippen LogP contribution in [-0.4, -0.2) is 29.6 Å². The van der Waals surface area contributed by atoms with Gasteiger partial charge in [0.25, 0.3) is 0 Å². The molecule has 0 saturated carbocycles. The van der Waals surface area contributed by atoms with E-state index in [2.05, 4.69) is 67.8 Å². The van der Waals surface area contributed by atoms with Gasteiger partial charge in [-0.05, 0) is 63.8 Å². The summed E-state index contributed by atoms with van der Waals surface area (Å²) in [5.74, 6) is -0.147. The molecule has 0 aromatic heterocycles. The molecule has 0 bridgehead atoms. The van der Waals surface area contributed by atoms with Crippen molar-refractivity contribution in [3.63, 3.8) is 0 Å². The quantitative estimate of drug-likeness (QED) is 0.709. The van der Waals surface area contributed by atoms with E-state index in [0.29, 0.717) is 18.1 Å². The van der Waals surface area contributed by atoms with Crippen LogP contribution in [-0.2, 0) is 6.54 Å². The summed E-state index contributed by atoms with van der Waals surface area (Å²) in [6.45, 7) is 10.8. The number of benzene rings is 2. The molecular formula is C23H31FN2. The molecule has 2 atom stereocenters. The summed E-state index contributed by atoms with van der Waals surface area (Å²) >= 11 is 0. The molecule has 1 heterocycles. The van der Waals surface area contributed by atoms with E-state index in [1.807, 2.05) is 6.07 Å². The fourth-order valence-corrected chi connectivity index (χ4v) is 4.47. The van der Waals surface area contributed by atoms with Crippen LogP contribution in [0, 0.1) is 12.7 Å². The van der Waals surface area contributed by atoms with E-state index in [-0.39, 0.29) is 5.82 Å². The minimum atomic E-state index is -0.147. The fourth-order valence-electron chi connectivity index (χ4n) is 4.47. The first-order chi connectivity index (χ1) is 12.5. The van der Waals surface area contributed by atoms with Crippen LogP contribution < -0.4 is 4.90 Å². The Bertz CT molecular complexity index is 703. The first-order valence-electron chi connectivity index (χ1n) is 9.82. The van der Waals surface area contributed by atoms with Crippen molar-refractivity contribution in [2.45, 2.75) is 65.2 Å². The summed E-state index contributed by atoms with van der Waals surface area (Å²) in [6, 6.07) is 17.3. The van der Waals surface area contributed by atoms with Crippen LogP contribution in [0.2, 0.25) is 0 Å². The molecule has 26 heavy (non-hydrogen) atoms. The molecule has 0 spiro atoms. The zero-order valence-electron chi connectivity index (χ0n) is 16.5. The van der Waals surface area contributed by atoms with Crippen LogP contribution in [0.25, 0.3) is 0 Å². The van der Waals surface area contributed by atoms with Crippen LogP contribution in [0.1, 0.15) is 44.7 Å². The molecule has 0 radical (unpaired) electrons. The third kappa shape index (κ3) is 4.09. The normalized spacial score (nSPS) is 23.8. The minimum absolute atomic E-state index is 0.147. The lowest BCUT2D eigenvalue weighted by Crippen LogP contribution is -2.53. The summed E-state index contributed by atoms with van der Waals surface area (Å²) in [5.41, 5.74) is 3.58. The highest BCUT2D eigenvalue weighted by molar-refractivity contribution is 5.54. The molecule has 3 heteroatoms. The van der Waals surface area contributed by atoms with Gasteiger partial charge in [-0.25, -0.2) is 4.39 Å². The SMILES string of the molecule is CCN(c1cc(F)ccc1C)C1C[C@@H](C)N(Cc2ccccc2)[C@H](C)C1. The molecule has 0 unspecified atom stereocenters. The Kier molecular flexibility index (Phi) is 5.98. The number of halogens is 1. The molecule has 1 aliphatic heterocycles. The van der Waals surface area contributed by atoms with Crippen LogP contribution >= 0.6 is 0 Å². The average Bonchev–Trinajstić information content (AvgIpc) is 2.62. The van der Waals surface area contributed by atoms with E-state index >= 15 is 0 Å². The van der Waals surface area contributed by atoms with Crippen molar-refractivity contribution < 1.29 is 4.39 Å². The first kappa shape index (κ1) is 18.9. The van der Waals surface area contributed by atoms with Gasteiger partial charge >= 0.3 is 0 Å². The van der Waals surface area contributed by atoms with Crippen molar-refractivity contribution in [1.82, 2.24) is 4.90 Å². The molecule has 140 valence electrons. The summed E-state index contributed by atoms with van der Waals surface area (Å²) in [6.07, 6.45) is 2.22. The minimum Gasteiger partial charge on any atom is -0.368 e. The number of aryl methyl sites for hydroxylation is 1. The molecule has 0 aliphatic carbocycles. The highest BCUT2D eigenvalue weighted by Gasteiger charge is 2.33. The highest BCUT2D eigenvalue weighted by Crippen LogP contribution is 2.32. The summed E-state index contributed by atoms with van der Waals surface area (Å²) in [5, 5.41) is 0. The number of nitrogens with zero attached hydrogens (tertiary/aromatic N) is 2. The van der Waals surface area contributed by atoms with Gasteiger partial charge < -0.3 is 4.90 Å². The molecule has 1 aliphatic rings. The zero-order valence-corrected chi connectivity index (χ0v) is 16.5. The maximum atomic E-state index is 13.8. The standard InChI is InChI=1S/C23H31FN2/c1-5-25(23-15-21(24)12-11-17(23)2)22-13-18(3)26(19(4)14-22)16-20-9-7-6-8-10-20/h6-12,15,18-19,22H,5,13-14,16H2,1-4H3/t18-,19-/m1/s1. The van der Waals surface area contributed by atoms with Crippen LogP contribution in [0.4, 0.5) is 10.1 Å². The number of piperidine rings is 1. The third-order valence-electron chi connectivity index (χ3n) is 5.83. The molecule has 2 nitrogen and oxygen atoms in total. The van der Waals surface area contributed by atoms with E-state index in [1.54, 1.807) is 12.1 Å². The van der Waals surface area contributed by atoms with Crippen molar-refractivity contribution in [3.05, 3.63) is 65.5 Å². The van der Waals surface area contributed by atoms with Crippen molar-refractivity contribution in [2.75, 3.05) is 11.4 Å². The fraction of sp³-hybridized carbons (Fsp3) is 0.478. The Morgan fingerprint density at radius 1 is 1.04 bits per heavy atom. The van der Waals surface area contributed by atoms with Crippen molar-refractivity contribution in [2.24, 2.45) is 0 Å². The van der Waals surface area contributed by atoms with Gasteiger partial charge in [-0.3, -0.25) is 4.90 Å².